The Kier molecular flexibility index (Phi) is 7.20. The van der Waals surface area contributed by atoms with Gasteiger partial charge in [-0.2, -0.15) is 0 Å². The topological polar surface area (TPSA) is 55.8 Å². The van der Waals surface area contributed by atoms with Gasteiger partial charge in [0.05, 0.1) is 17.9 Å². The molecular weight excluding hydrogens is 258 g/mol. The molecule has 20 heavy (non-hydrogen) atoms. The minimum atomic E-state index is -0.708. The fraction of sp³-hybridized carbons (Fsp3) is 0.867. The van der Waals surface area contributed by atoms with Gasteiger partial charge in [-0.25, -0.2) is 0 Å². The van der Waals surface area contributed by atoms with E-state index in [0.717, 1.165) is 0 Å². The molecule has 1 atom stereocenters. The second-order valence-electron chi connectivity index (χ2n) is 6.41. The van der Waals surface area contributed by atoms with Crippen molar-refractivity contribution in [3.63, 3.8) is 0 Å². The van der Waals surface area contributed by atoms with Crippen molar-refractivity contribution in [3.05, 3.63) is 0 Å². The Balaban J connectivity index is 4.75. The first-order valence-electron chi connectivity index (χ1n) is 6.99. The molecule has 0 N–H and O–H groups in total. The fourth-order valence-corrected chi connectivity index (χ4v) is 2.16. The zero-order chi connectivity index (χ0) is 16.0. The van der Waals surface area contributed by atoms with Gasteiger partial charge < -0.3 is 14.4 Å². The lowest BCUT2D eigenvalue weighted by Crippen LogP contribution is -2.39. The molecule has 0 spiro atoms. The number of ether oxygens (including phenoxy) is 2. The molecule has 0 aliphatic rings. The molecule has 0 saturated carbocycles. The van der Waals surface area contributed by atoms with Crippen molar-refractivity contribution in [3.8, 4) is 0 Å². The first-order chi connectivity index (χ1) is 9.09. The van der Waals surface area contributed by atoms with Crippen molar-refractivity contribution in [2.75, 3.05) is 34.4 Å². The maximum atomic E-state index is 12.3. The van der Waals surface area contributed by atoms with Crippen molar-refractivity contribution in [1.82, 2.24) is 4.90 Å². The van der Waals surface area contributed by atoms with Crippen molar-refractivity contribution in [2.45, 2.75) is 40.5 Å². The Morgan fingerprint density at radius 3 is 2.05 bits per heavy atom. The molecule has 0 aliphatic carbocycles. The zero-order valence-electron chi connectivity index (χ0n) is 13.9. The second kappa shape index (κ2) is 7.62. The quantitative estimate of drug-likeness (QED) is 0.640. The molecule has 1 unspecified atom stereocenters. The van der Waals surface area contributed by atoms with Gasteiger partial charge in [0.25, 0.3) is 0 Å². The van der Waals surface area contributed by atoms with Crippen LogP contribution >= 0.6 is 0 Å². The maximum absolute atomic E-state index is 12.3. The number of likely N-dealkylation sites (N-methyl/N-ethyl adjacent to an activating group) is 1. The van der Waals surface area contributed by atoms with Crippen LogP contribution in [0.3, 0.4) is 0 Å². The predicted molar refractivity (Wildman–Crippen MR) is 78.3 cm³/mol. The van der Waals surface area contributed by atoms with Gasteiger partial charge in [-0.15, -0.1) is 0 Å². The van der Waals surface area contributed by atoms with Crippen LogP contribution < -0.4 is 0 Å². The van der Waals surface area contributed by atoms with Crippen molar-refractivity contribution < 1.29 is 19.1 Å². The van der Waals surface area contributed by atoms with Crippen LogP contribution in [0.4, 0.5) is 0 Å². The average molecular weight is 287 g/mol. The van der Waals surface area contributed by atoms with E-state index in [1.54, 1.807) is 13.8 Å². The van der Waals surface area contributed by atoms with E-state index in [0.29, 0.717) is 26.0 Å². The van der Waals surface area contributed by atoms with Gasteiger partial charge in [0, 0.05) is 6.54 Å². The number of hydrogen-bond donors (Lipinski definition) is 0. The summed E-state index contributed by atoms with van der Waals surface area (Å²) in [5.74, 6) is -0.558. The van der Waals surface area contributed by atoms with Crippen molar-refractivity contribution in [2.24, 2.45) is 10.8 Å². The number of esters is 2. The van der Waals surface area contributed by atoms with Gasteiger partial charge in [0.15, 0.2) is 0 Å². The lowest BCUT2D eigenvalue weighted by atomic mass is 9.72. The van der Waals surface area contributed by atoms with E-state index in [-0.39, 0.29) is 11.9 Å². The summed E-state index contributed by atoms with van der Waals surface area (Å²) in [6.45, 7) is 8.40. The molecule has 0 aromatic heterocycles. The number of hydrogen-bond acceptors (Lipinski definition) is 5. The molecule has 0 aromatic rings. The summed E-state index contributed by atoms with van der Waals surface area (Å²) >= 11 is 0. The van der Waals surface area contributed by atoms with Crippen molar-refractivity contribution >= 4 is 11.9 Å². The Bertz CT molecular complexity index is 339. The van der Waals surface area contributed by atoms with Crippen LogP contribution in [0.2, 0.25) is 0 Å². The third-order valence-electron chi connectivity index (χ3n) is 3.61. The molecule has 0 saturated heterocycles. The van der Waals surface area contributed by atoms with Crippen LogP contribution in [0.5, 0.6) is 0 Å². The van der Waals surface area contributed by atoms with E-state index in [9.17, 15) is 9.59 Å². The van der Waals surface area contributed by atoms with Crippen LogP contribution in [0.25, 0.3) is 0 Å². The van der Waals surface area contributed by atoms with E-state index in [4.69, 9.17) is 9.47 Å². The van der Waals surface area contributed by atoms with E-state index in [1.165, 1.54) is 7.11 Å². The van der Waals surface area contributed by atoms with Gasteiger partial charge >= 0.3 is 11.9 Å². The fourth-order valence-electron chi connectivity index (χ4n) is 2.16. The summed E-state index contributed by atoms with van der Waals surface area (Å²) in [7, 11) is 5.21. The molecule has 0 aromatic carbocycles. The second-order valence-corrected chi connectivity index (χ2v) is 6.41. The van der Waals surface area contributed by atoms with Crippen LogP contribution in [0.1, 0.15) is 40.5 Å². The van der Waals surface area contributed by atoms with Crippen LogP contribution in [-0.2, 0) is 19.1 Å². The molecule has 0 heterocycles. The molecular formula is C15H29NO4. The van der Waals surface area contributed by atoms with E-state index < -0.39 is 10.8 Å². The molecule has 0 radical (unpaired) electrons. The molecule has 5 heteroatoms. The lowest BCUT2D eigenvalue weighted by Gasteiger charge is -2.33. The highest BCUT2D eigenvalue weighted by Gasteiger charge is 2.42. The van der Waals surface area contributed by atoms with Crippen LogP contribution in [-0.4, -0.2) is 51.2 Å². The van der Waals surface area contributed by atoms with E-state index in [1.807, 2.05) is 32.8 Å². The van der Waals surface area contributed by atoms with Gasteiger partial charge in [-0.1, -0.05) is 6.92 Å². The Morgan fingerprint density at radius 1 is 1.10 bits per heavy atom. The van der Waals surface area contributed by atoms with E-state index in [2.05, 4.69) is 0 Å². The van der Waals surface area contributed by atoms with Gasteiger partial charge in [0.2, 0.25) is 0 Å². The largest absolute Gasteiger partial charge is 0.469 e. The highest BCUT2D eigenvalue weighted by molar-refractivity contribution is 5.80. The molecule has 118 valence electrons. The van der Waals surface area contributed by atoms with Crippen LogP contribution in [0, 0.1) is 10.8 Å². The summed E-state index contributed by atoms with van der Waals surface area (Å²) in [6, 6.07) is 0. The minimum Gasteiger partial charge on any atom is -0.469 e. The summed E-state index contributed by atoms with van der Waals surface area (Å²) in [5, 5.41) is 0. The predicted octanol–water partition coefficient (Wildman–Crippen LogP) is 2.10. The monoisotopic (exact) mass is 287 g/mol. The smallest absolute Gasteiger partial charge is 0.311 e. The molecule has 0 rings (SSSR count). The number of carbonyl (C=O) groups excluding carboxylic acids is 2. The minimum absolute atomic E-state index is 0.251. The first-order valence-corrected chi connectivity index (χ1v) is 6.99. The third kappa shape index (κ3) is 5.49. The Morgan fingerprint density at radius 2 is 1.65 bits per heavy atom. The highest BCUT2D eigenvalue weighted by Crippen LogP contribution is 2.38. The highest BCUT2D eigenvalue weighted by atomic mass is 16.5. The molecule has 0 aliphatic heterocycles. The molecule has 0 amide bonds. The van der Waals surface area contributed by atoms with Crippen molar-refractivity contribution in [1.29, 1.82) is 0 Å². The molecule has 0 bridgehead atoms. The normalized spacial score (nSPS) is 14.8. The maximum Gasteiger partial charge on any atom is 0.311 e. The number of carbonyl (C=O) groups is 2. The summed E-state index contributed by atoms with van der Waals surface area (Å²) < 4.78 is 10.1. The first kappa shape index (κ1) is 18.9. The van der Waals surface area contributed by atoms with Gasteiger partial charge in [-0.05, 0) is 47.7 Å². The van der Waals surface area contributed by atoms with Crippen LogP contribution in [0.15, 0.2) is 0 Å². The zero-order valence-corrected chi connectivity index (χ0v) is 13.9. The third-order valence-corrected chi connectivity index (χ3v) is 3.61. The van der Waals surface area contributed by atoms with E-state index >= 15 is 0 Å². The number of nitrogens with zero attached hydrogens (tertiary/aromatic N) is 1. The number of methoxy groups -OCH3 is 1. The number of rotatable bonds is 8. The average Bonchev–Trinajstić information content (AvgIpc) is 2.36. The molecule has 0 fully saturated rings. The molecule has 5 nitrogen and oxygen atoms in total. The summed E-state index contributed by atoms with van der Waals surface area (Å²) in [4.78, 5) is 26.0. The SMILES string of the molecule is CCC(C)(CC(C)(C)C(=O)OC)C(=O)OCCN(C)C. The lowest BCUT2D eigenvalue weighted by molar-refractivity contribution is -0.162. The van der Waals surface area contributed by atoms with Gasteiger partial charge in [0.1, 0.15) is 6.61 Å². The Labute approximate surface area is 122 Å². The standard InChI is InChI=1S/C15H29NO4/c1-8-15(4,11-14(2,3)12(17)19-7)13(18)20-10-9-16(5)6/h8-11H2,1-7H3. The van der Waals surface area contributed by atoms with Gasteiger partial charge in [-0.3, -0.25) is 9.59 Å². The Hall–Kier alpha value is -1.10. The summed E-state index contributed by atoms with van der Waals surface area (Å²) in [6.07, 6.45) is 1.03. The summed E-state index contributed by atoms with van der Waals surface area (Å²) in [5.41, 5.74) is -1.38.